The molecular weight excluding hydrogens is 526 g/mol. The molecule has 204 valence electrons. The van der Waals surface area contributed by atoms with E-state index < -0.39 is 10.0 Å². The van der Waals surface area contributed by atoms with Gasteiger partial charge in [0.15, 0.2) is 0 Å². The van der Waals surface area contributed by atoms with E-state index in [0.29, 0.717) is 11.6 Å². The van der Waals surface area contributed by atoms with Gasteiger partial charge in [0.25, 0.3) is 0 Å². The summed E-state index contributed by atoms with van der Waals surface area (Å²) in [7, 11) is 0.252. The first-order valence-corrected chi connectivity index (χ1v) is 14.4. The number of aryl methyl sites for hydroxylation is 1. The minimum Gasteiger partial charge on any atom is -0.354 e. The number of anilines is 3. The molecule has 0 unspecified atom stereocenters. The summed E-state index contributed by atoms with van der Waals surface area (Å²) in [5, 5.41) is 13.7. The molecule has 1 saturated heterocycles. The number of hydrogen-bond acceptors (Lipinski definition) is 9. The molecule has 0 spiro atoms. The number of nitrogens with zero attached hydrogens (tertiary/aromatic N) is 7. The van der Waals surface area contributed by atoms with Crippen molar-refractivity contribution in [1.29, 1.82) is 0 Å². The van der Waals surface area contributed by atoms with Crippen molar-refractivity contribution >= 4 is 38.4 Å². The zero-order chi connectivity index (χ0) is 27.9. The maximum atomic E-state index is 11.6. The quantitative estimate of drug-likeness (QED) is 0.324. The monoisotopic (exact) mass is 555 g/mol. The van der Waals surface area contributed by atoms with Gasteiger partial charge < -0.3 is 15.1 Å². The average Bonchev–Trinajstić information content (AvgIpc) is 3.39. The van der Waals surface area contributed by atoms with E-state index in [1.807, 2.05) is 31.7 Å². The van der Waals surface area contributed by atoms with Gasteiger partial charge in [0.05, 0.1) is 16.6 Å². The predicted molar refractivity (Wildman–Crippen MR) is 156 cm³/mol. The van der Waals surface area contributed by atoms with Crippen LogP contribution >= 0.6 is 0 Å². The topological polar surface area (TPSA) is 135 Å². The van der Waals surface area contributed by atoms with Gasteiger partial charge in [-0.3, -0.25) is 4.68 Å². The number of piperazine rings is 1. The van der Waals surface area contributed by atoms with Gasteiger partial charge in [-0.1, -0.05) is 12.1 Å². The molecule has 1 aliphatic rings. The van der Waals surface area contributed by atoms with E-state index in [2.05, 4.69) is 50.4 Å². The predicted octanol–water partition coefficient (Wildman–Crippen LogP) is 3.24. The number of likely N-dealkylation sites (N-methyl/N-ethyl adjacent to an activating group) is 1. The van der Waals surface area contributed by atoms with Crippen molar-refractivity contribution in [2.45, 2.75) is 4.90 Å². The van der Waals surface area contributed by atoms with Crippen LogP contribution in [0.1, 0.15) is 0 Å². The Kier molecular flexibility index (Phi) is 6.66. The summed E-state index contributed by atoms with van der Waals surface area (Å²) in [5.41, 5.74) is 5.21. The molecule has 6 rings (SSSR count). The number of pyridine rings is 1. The Labute approximate surface area is 232 Å². The lowest BCUT2D eigenvalue weighted by atomic mass is 9.94. The van der Waals surface area contributed by atoms with Gasteiger partial charge in [0.1, 0.15) is 5.82 Å². The third kappa shape index (κ3) is 5.24. The number of sulfonamides is 1. The molecule has 0 saturated carbocycles. The number of hydrogen-bond donors (Lipinski definition) is 2. The highest BCUT2D eigenvalue weighted by atomic mass is 32.2. The highest BCUT2D eigenvalue weighted by Crippen LogP contribution is 2.38. The lowest BCUT2D eigenvalue weighted by Gasteiger charge is -2.33. The fourth-order valence-electron chi connectivity index (χ4n) is 4.86. The van der Waals surface area contributed by atoms with Crippen LogP contribution in [0.2, 0.25) is 0 Å². The molecule has 0 atom stereocenters. The van der Waals surface area contributed by atoms with Crippen LogP contribution in [0.3, 0.4) is 0 Å². The van der Waals surface area contributed by atoms with Crippen molar-refractivity contribution < 1.29 is 8.42 Å². The van der Waals surface area contributed by atoms with Gasteiger partial charge in [-0.25, -0.2) is 28.5 Å². The highest BCUT2D eigenvalue weighted by molar-refractivity contribution is 7.89. The second-order valence-corrected chi connectivity index (χ2v) is 11.5. The molecule has 0 bridgehead atoms. The number of benzene rings is 2. The van der Waals surface area contributed by atoms with E-state index in [1.165, 1.54) is 12.1 Å². The number of primary sulfonamides is 1. The Morgan fingerprint density at radius 2 is 1.62 bits per heavy atom. The number of rotatable bonds is 6. The minimum absolute atomic E-state index is 0.0356. The molecule has 3 aromatic heterocycles. The van der Waals surface area contributed by atoms with Crippen LogP contribution < -0.4 is 15.4 Å². The third-order valence-electron chi connectivity index (χ3n) is 7.07. The number of aromatic nitrogens is 5. The van der Waals surface area contributed by atoms with Crippen LogP contribution in [-0.4, -0.2) is 71.3 Å². The van der Waals surface area contributed by atoms with Gasteiger partial charge in [0.2, 0.25) is 16.0 Å². The van der Waals surface area contributed by atoms with Gasteiger partial charge in [0, 0.05) is 79.6 Å². The van der Waals surface area contributed by atoms with Gasteiger partial charge in [-0.2, -0.15) is 5.10 Å². The van der Waals surface area contributed by atoms with Crippen molar-refractivity contribution in [3.63, 3.8) is 0 Å². The van der Waals surface area contributed by atoms with E-state index >= 15 is 0 Å². The zero-order valence-corrected chi connectivity index (χ0v) is 23.0. The lowest BCUT2D eigenvalue weighted by molar-refractivity contribution is 0.312. The van der Waals surface area contributed by atoms with Crippen LogP contribution in [0, 0.1) is 0 Å². The van der Waals surface area contributed by atoms with E-state index in [4.69, 9.17) is 15.1 Å². The molecular formula is C28H29N9O2S. The Hall–Kier alpha value is -4.39. The Bertz CT molecular complexity index is 1780. The van der Waals surface area contributed by atoms with Crippen molar-refractivity contribution in [3.05, 3.63) is 73.3 Å². The van der Waals surface area contributed by atoms with Crippen LogP contribution in [0.4, 0.5) is 17.5 Å². The number of fused-ring (bicyclic) bond motifs is 1. The van der Waals surface area contributed by atoms with Crippen molar-refractivity contribution in [1.82, 2.24) is 29.6 Å². The molecule has 2 aromatic carbocycles. The number of nitrogens with two attached hydrogens (primary N) is 1. The molecule has 12 heteroatoms. The highest BCUT2D eigenvalue weighted by Gasteiger charge is 2.19. The molecule has 4 heterocycles. The smallest absolute Gasteiger partial charge is 0.238 e. The fraction of sp³-hybridized carbons (Fsp3) is 0.214. The summed E-state index contributed by atoms with van der Waals surface area (Å²) >= 11 is 0. The van der Waals surface area contributed by atoms with E-state index in [-0.39, 0.29) is 4.90 Å². The van der Waals surface area contributed by atoms with Gasteiger partial charge in [-0.15, -0.1) is 0 Å². The first-order valence-electron chi connectivity index (χ1n) is 12.8. The second-order valence-electron chi connectivity index (χ2n) is 9.91. The third-order valence-corrected chi connectivity index (χ3v) is 8.00. The number of nitrogens with one attached hydrogen (secondary N) is 1. The normalized spacial score (nSPS) is 14.5. The molecule has 3 N–H and O–H groups in total. The second kappa shape index (κ2) is 10.3. The maximum Gasteiger partial charge on any atom is 0.238 e. The SMILES string of the molecule is CN1CCN(c2ccc(-c3c(-c4cnn(C)c4)ccc4cnc(Nc5ccc(S(N)(=O)=O)cc5)nc34)cn2)CC1. The Morgan fingerprint density at radius 3 is 2.27 bits per heavy atom. The summed E-state index contributed by atoms with van der Waals surface area (Å²) in [6.45, 7) is 3.90. The van der Waals surface area contributed by atoms with Gasteiger partial charge >= 0.3 is 0 Å². The summed E-state index contributed by atoms with van der Waals surface area (Å²) in [6.07, 6.45) is 7.49. The van der Waals surface area contributed by atoms with Crippen molar-refractivity contribution in [2.24, 2.45) is 12.2 Å². The summed E-state index contributed by atoms with van der Waals surface area (Å²) in [5.74, 6) is 1.34. The van der Waals surface area contributed by atoms with Crippen LogP contribution in [0.15, 0.2) is 78.2 Å². The maximum absolute atomic E-state index is 11.6. The largest absolute Gasteiger partial charge is 0.354 e. The molecule has 5 aromatic rings. The molecule has 1 fully saturated rings. The van der Waals surface area contributed by atoms with Crippen molar-refractivity contribution in [2.75, 3.05) is 43.4 Å². The molecule has 0 radical (unpaired) electrons. The molecule has 11 nitrogen and oxygen atoms in total. The lowest BCUT2D eigenvalue weighted by Crippen LogP contribution is -2.44. The molecule has 0 amide bonds. The molecule has 0 aliphatic carbocycles. The van der Waals surface area contributed by atoms with Crippen molar-refractivity contribution in [3.8, 4) is 22.3 Å². The molecule has 1 aliphatic heterocycles. The summed E-state index contributed by atoms with van der Waals surface area (Å²) in [4.78, 5) is 18.9. The van der Waals surface area contributed by atoms with Gasteiger partial charge in [-0.05, 0) is 49.0 Å². The first-order chi connectivity index (χ1) is 19.2. The molecule has 40 heavy (non-hydrogen) atoms. The van der Waals surface area contributed by atoms with Crippen LogP contribution in [0.5, 0.6) is 0 Å². The van der Waals surface area contributed by atoms with Crippen LogP contribution in [0.25, 0.3) is 33.2 Å². The van der Waals surface area contributed by atoms with Crippen LogP contribution in [-0.2, 0) is 17.1 Å². The summed E-state index contributed by atoms with van der Waals surface area (Å²) in [6, 6.07) is 14.4. The zero-order valence-electron chi connectivity index (χ0n) is 22.2. The Balaban J connectivity index is 1.41. The Morgan fingerprint density at radius 1 is 0.850 bits per heavy atom. The first kappa shape index (κ1) is 25.9. The van der Waals surface area contributed by atoms with E-state index in [9.17, 15) is 8.42 Å². The van der Waals surface area contributed by atoms with E-state index in [0.717, 1.165) is 65.2 Å². The van der Waals surface area contributed by atoms with E-state index in [1.54, 1.807) is 23.0 Å². The minimum atomic E-state index is -3.78. The fourth-order valence-corrected chi connectivity index (χ4v) is 5.38. The average molecular weight is 556 g/mol. The standard InChI is InChI=1S/C28H29N9O2S/c1-35-11-13-37(14-12-35)25-10-4-19(15-30-25)26-24(21-17-32-36(2)18-21)9-3-20-16-31-28(34-27(20)26)33-22-5-7-23(8-6-22)40(29,38)39/h3-10,15-18H,11-14H2,1-2H3,(H2,29,38,39)(H,31,33,34). The summed E-state index contributed by atoms with van der Waals surface area (Å²) < 4.78 is 25.0.